The first-order chi connectivity index (χ1) is 6.15. The molecular formula is C8H15N3OS. The maximum atomic E-state index is 8.82. The molecule has 1 heterocycles. The van der Waals surface area contributed by atoms with E-state index in [1.807, 2.05) is 25.5 Å². The maximum Gasteiger partial charge on any atom is 0.142 e. The van der Waals surface area contributed by atoms with Crippen LogP contribution < -0.4 is 0 Å². The van der Waals surface area contributed by atoms with Gasteiger partial charge < -0.3 is 9.67 Å². The molecule has 0 fully saturated rings. The van der Waals surface area contributed by atoms with Crippen LogP contribution in [0, 0.1) is 6.92 Å². The van der Waals surface area contributed by atoms with Gasteiger partial charge in [0.05, 0.1) is 12.4 Å². The molecule has 0 amide bonds. The Balaban J connectivity index is 2.50. The second kappa shape index (κ2) is 4.62. The number of hydrogen-bond acceptors (Lipinski definition) is 4. The number of thioether (sulfide) groups is 1. The van der Waals surface area contributed by atoms with Crippen molar-refractivity contribution in [1.82, 2.24) is 14.8 Å². The lowest BCUT2D eigenvalue weighted by atomic mass is 10.5. The zero-order valence-corrected chi connectivity index (χ0v) is 9.01. The van der Waals surface area contributed by atoms with E-state index in [1.54, 1.807) is 11.8 Å². The van der Waals surface area contributed by atoms with Gasteiger partial charge in [0.15, 0.2) is 0 Å². The fraction of sp³-hybridized carbons (Fsp3) is 0.750. The Morgan fingerprint density at radius 1 is 1.54 bits per heavy atom. The van der Waals surface area contributed by atoms with Crippen LogP contribution in [-0.2, 0) is 12.8 Å². The van der Waals surface area contributed by atoms with Gasteiger partial charge in [-0.1, -0.05) is 6.92 Å². The molecule has 1 N–H and O–H groups in total. The molecular weight excluding hydrogens is 186 g/mol. The first-order valence-electron chi connectivity index (χ1n) is 4.22. The van der Waals surface area contributed by atoms with Crippen molar-refractivity contribution < 1.29 is 5.11 Å². The average molecular weight is 201 g/mol. The molecule has 1 aromatic heterocycles. The van der Waals surface area contributed by atoms with E-state index in [2.05, 4.69) is 10.2 Å². The lowest BCUT2D eigenvalue weighted by molar-refractivity contribution is 0.300. The highest BCUT2D eigenvalue weighted by Gasteiger charge is 2.07. The lowest BCUT2D eigenvalue weighted by Gasteiger charge is -2.06. The normalized spacial score (nSPS) is 13.2. The van der Waals surface area contributed by atoms with Crippen molar-refractivity contribution in [1.29, 1.82) is 0 Å². The number of aromatic nitrogens is 3. The van der Waals surface area contributed by atoms with Gasteiger partial charge in [0, 0.05) is 12.3 Å². The summed E-state index contributed by atoms with van der Waals surface area (Å²) in [4.78, 5) is 0. The first kappa shape index (κ1) is 10.5. The van der Waals surface area contributed by atoms with E-state index >= 15 is 0 Å². The van der Waals surface area contributed by atoms with Crippen LogP contribution in [0.1, 0.15) is 18.6 Å². The molecule has 5 heteroatoms. The fourth-order valence-electron chi connectivity index (χ4n) is 0.846. The minimum atomic E-state index is 0.210. The van der Waals surface area contributed by atoms with Crippen LogP contribution in [0.3, 0.4) is 0 Å². The molecule has 74 valence electrons. The van der Waals surface area contributed by atoms with Crippen LogP contribution in [0.2, 0.25) is 0 Å². The summed E-state index contributed by atoms with van der Waals surface area (Å²) in [5.41, 5.74) is 0. The SMILES string of the molecule is Cc1nnc(CSC(C)CO)n1C. The topological polar surface area (TPSA) is 50.9 Å². The van der Waals surface area contributed by atoms with E-state index in [9.17, 15) is 0 Å². The lowest BCUT2D eigenvalue weighted by Crippen LogP contribution is -2.05. The molecule has 4 nitrogen and oxygen atoms in total. The summed E-state index contributed by atoms with van der Waals surface area (Å²) in [6, 6.07) is 0. The Hall–Kier alpha value is -0.550. The predicted octanol–water partition coefficient (Wildman–Crippen LogP) is 0.738. The fourth-order valence-corrected chi connectivity index (χ4v) is 1.64. The third-order valence-corrected chi connectivity index (χ3v) is 3.08. The number of aryl methyl sites for hydroxylation is 1. The van der Waals surface area contributed by atoms with E-state index < -0.39 is 0 Å². The highest BCUT2D eigenvalue weighted by molar-refractivity contribution is 7.99. The molecule has 0 saturated heterocycles. The minimum absolute atomic E-state index is 0.210. The molecule has 1 atom stereocenters. The maximum absolute atomic E-state index is 8.82. The molecule has 0 aliphatic heterocycles. The zero-order valence-electron chi connectivity index (χ0n) is 8.19. The quantitative estimate of drug-likeness (QED) is 0.780. The average Bonchev–Trinajstić information content (AvgIpc) is 2.44. The van der Waals surface area contributed by atoms with Gasteiger partial charge in [-0.2, -0.15) is 0 Å². The van der Waals surface area contributed by atoms with Gasteiger partial charge in [0.2, 0.25) is 0 Å². The van der Waals surface area contributed by atoms with Crippen molar-refractivity contribution in [2.45, 2.75) is 24.9 Å². The molecule has 0 bridgehead atoms. The summed E-state index contributed by atoms with van der Waals surface area (Å²) in [6.07, 6.45) is 0. The third-order valence-electron chi connectivity index (χ3n) is 1.94. The van der Waals surface area contributed by atoms with Crippen molar-refractivity contribution in [2.75, 3.05) is 6.61 Å². The zero-order chi connectivity index (χ0) is 9.84. The monoisotopic (exact) mass is 201 g/mol. The van der Waals surface area contributed by atoms with Crippen LogP contribution in [0.5, 0.6) is 0 Å². The van der Waals surface area contributed by atoms with Gasteiger partial charge in [-0.3, -0.25) is 0 Å². The summed E-state index contributed by atoms with van der Waals surface area (Å²) >= 11 is 1.68. The number of nitrogens with zero attached hydrogens (tertiary/aromatic N) is 3. The Kier molecular flexibility index (Phi) is 3.74. The van der Waals surface area contributed by atoms with Crippen molar-refractivity contribution in [2.24, 2.45) is 7.05 Å². The molecule has 0 aliphatic rings. The standard InChI is InChI=1S/C8H15N3OS/c1-6(4-12)13-5-8-10-9-7(2)11(8)3/h6,12H,4-5H2,1-3H3. The second-order valence-corrected chi connectivity index (χ2v) is 4.45. The third kappa shape index (κ3) is 2.70. The molecule has 1 rings (SSSR count). The van der Waals surface area contributed by atoms with Crippen molar-refractivity contribution in [3.8, 4) is 0 Å². The summed E-state index contributed by atoms with van der Waals surface area (Å²) in [5, 5.41) is 17.1. The van der Waals surface area contributed by atoms with Crippen molar-refractivity contribution in [3.63, 3.8) is 0 Å². The van der Waals surface area contributed by atoms with Gasteiger partial charge in [0.25, 0.3) is 0 Å². The van der Waals surface area contributed by atoms with E-state index in [4.69, 9.17) is 5.11 Å². The van der Waals surface area contributed by atoms with Crippen LogP contribution in [0.15, 0.2) is 0 Å². The smallest absolute Gasteiger partial charge is 0.142 e. The molecule has 1 aromatic rings. The molecule has 0 spiro atoms. The predicted molar refractivity (Wildman–Crippen MR) is 53.6 cm³/mol. The molecule has 1 unspecified atom stereocenters. The number of rotatable bonds is 4. The van der Waals surface area contributed by atoms with Crippen LogP contribution in [0.4, 0.5) is 0 Å². The van der Waals surface area contributed by atoms with Crippen molar-refractivity contribution >= 4 is 11.8 Å². The Labute approximate surface area is 82.4 Å². The molecule has 0 aliphatic carbocycles. The van der Waals surface area contributed by atoms with Crippen molar-refractivity contribution in [3.05, 3.63) is 11.6 Å². The van der Waals surface area contributed by atoms with E-state index in [0.29, 0.717) is 0 Å². The number of aliphatic hydroxyl groups is 1. The summed E-state index contributed by atoms with van der Waals surface area (Å²) in [5.74, 6) is 2.69. The molecule has 0 saturated carbocycles. The highest BCUT2D eigenvalue weighted by Crippen LogP contribution is 2.15. The van der Waals surface area contributed by atoms with E-state index in [1.165, 1.54) is 0 Å². The van der Waals surface area contributed by atoms with E-state index in [0.717, 1.165) is 17.4 Å². The molecule has 0 radical (unpaired) electrons. The van der Waals surface area contributed by atoms with Gasteiger partial charge in [-0.25, -0.2) is 0 Å². The summed E-state index contributed by atoms with van der Waals surface area (Å²) in [6.45, 7) is 4.13. The first-order valence-corrected chi connectivity index (χ1v) is 5.27. The van der Waals surface area contributed by atoms with Crippen LogP contribution >= 0.6 is 11.8 Å². The van der Waals surface area contributed by atoms with Gasteiger partial charge in [-0.15, -0.1) is 22.0 Å². The van der Waals surface area contributed by atoms with Gasteiger partial charge in [-0.05, 0) is 6.92 Å². The molecule has 0 aromatic carbocycles. The summed E-state index contributed by atoms with van der Waals surface area (Å²) in [7, 11) is 1.95. The minimum Gasteiger partial charge on any atom is -0.395 e. The Morgan fingerprint density at radius 2 is 2.23 bits per heavy atom. The Morgan fingerprint density at radius 3 is 2.69 bits per heavy atom. The van der Waals surface area contributed by atoms with Gasteiger partial charge in [0.1, 0.15) is 11.6 Å². The van der Waals surface area contributed by atoms with Crippen LogP contribution in [0.25, 0.3) is 0 Å². The van der Waals surface area contributed by atoms with Gasteiger partial charge >= 0.3 is 0 Å². The van der Waals surface area contributed by atoms with Crippen LogP contribution in [-0.4, -0.2) is 31.7 Å². The number of aliphatic hydroxyl groups excluding tert-OH is 1. The largest absolute Gasteiger partial charge is 0.395 e. The molecule has 13 heavy (non-hydrogen) atoms. The summed E-state index contributed by atoms with van der Waals surface area (Å²) < 4.78 is 1.97. The highest BCUT2D eigenvalue weighted by atomic mass is 32.2. The Bertz CT molecular complexity index is 274. The van der Waals surface area contributed by atoms with E-state index in [-0.39, 0.29) is 11.9 Å². The second-order valence-electron chi connectivity index (χ2n) is 3.03. The number of hydrogen-bond donors (Lipinski definition) is 1.